The van der Waals surface area contributed by atoms with Crippen LogP contribution in [0.25, 0.3) is 0 Å². The van der Waals surface area contributed by atoms with Gasteiger partial charge in [0.1, 0.15) is 6.07 Å². The van der Waals surface area contributed by atoms with Crippen LogP contribution in [0.5, 0.6) is 0 Å². The molecule has 0 aromatic heterocycles. The molecule has 0 aliphatic heterocycles. The second-order valence-electron chi connectivity index (χ2n) is 2.90. The van der Waals surface area contributed by atoms with Gasteiger partial charge in [0.25, 0.3) is 0 Å². The molecule has 0 fully saturated rings. The van der Waals surface area contributed by atoms with Crippen LogP contribution < -0.4 is 0 Å². The van der Waals surface area contributed by atoms with E-state index >= 15 is 0 Å². The number of nitriles is 1. The first-order chi connectivity index (χ1) is 6.74. The molecule has 1 aromatic rings. The van der Waals surface area contributed by atoms with Crippen LogP contribution in [0.4, 0.5) is 4.39 Å². The third-order valence-electron chi connectivity index (χ3n) is 1.99. The maximum Gasteiger partial charge on any atom is 0.100 e. The Morgan fingerprint density at radius 2 is 2.29 bits per heavy atom. The molecule has 0 saturated heterocycles. The summed E-state index contributed by atoms with van der Waals surface area (Å²) in [5.74, 6) is 2.97. The Hall–Kier alpha value is -1.80. The molecule has 69 valence electrons. The van der Waals surface area contributed by atoms with Gasteiger partial charge in [-0.3, -0.25) is 4.39 Å². The van der Waals surface area contributed by atoms with E-state index in [1.54, 1.807) is 25.1 Å². The molecule has 0 unspecified atom stereocenters. The minimum atomic E-state index is -0.552. The largest absolute Gasteiger partial charge is 0.250 e. The smallest absolute Gasteiger partial charge is 0.100 e. The van der Waals surface area contributed by atoms with Crippen molar-refractivity contribution in [2.24, 2.45) is 0 Å². The number of nitrogens with zero attached hydrogens (tertiary/aromatic N) is 1. The first kappa shape index (κ1) is 10.3. The Balaban J connectivity index is 3.33. The van der Waals surface area contributed by atoms with Crippen LogP contribution in [0.3, 0.4) is 0 Å². The van der Waals surface area contributed by atoms with Gasteiger partial charge < -0.3 is 0 Å². The molecule has 2 heteroatoms. The summed E-state index contributed by atoms with van der Waals surface area (Å²) in [6, 6.07) is 7.05. The lowest BCUT2D eigenvalue weighted by Crippen LogP contribution is -2.01. The molecule has 0 aliphatic rings. The molecule has 0 bridgehead atoms. The Morgan fingerprint density at radius 1 is 1.57 bits per heavy atom. The van der Waals surface area contributed by atoms with Gasteiger partial charge in [-0.25, -0.2) is 0 Å². The van der Waals surface area contributed by atoms with Crippen molar-refractivity contribution in [2.75, 3.05) is 6.67 Å². The maximum absolute atomic E-state index is 12.4. The zero-order valence-corrected chi connectivity index (χ0v) is 7.84. The Labute approximate surface area is 83.2 Å². The molecule has 1 rings (SSSR count). The van der Waals surface area contributed by atoms with E-state index in [0.717, 1.165) is 0 Å². The number of terminal acetylenes is 1. The standard InChI is InChI=1S/C12H9FN/c1-3-11-10(8-14)5-4-6-12(11)9(2)7-13/h1,4-6H,7H2,2H3. The highest BCUT2D eigenvalue weighted by atomic mass is 19.1. The topological polar surface area (TPSA) is 23.8 Å². The van der Waals surface area contributed by atoms with Crippen LogP contribution >= 0.6 is 0 Å². The van der Waals surface area contributed by atoms with Crippen molar-refractivity contribution in [3.63, 3.8) is 0 Å². The summed E-state index contributed by atoms with van der Waals surface area (Å²) in [7, 11) is 0. The molecule has 1 radical (unpaired) electrons. The monoisotopic (exact) mass is 186 g/mol. The predicted molar refractivity (Wildman–Crippen MR) is 53.1 cm³/mol. The van der Waals surface area contributed by atoms with Crippen molar-refractivity contribution in [3.8, 4) is 18.4 Å². The van der Waals surface area contributed by atoms with E-state index in [1.165, 1.54) is 0 Å². The fraction of sp³-hybridized carbons (Fsp3) is 0.167. The summed E-state index contributed by atoms with van der Waals surface area (Å²) in [5, 5.41) is 8.78. The molecule has 0 spiro atoms. The third-order valence-corrected chi connectivity index (χ3v) is 1.99. The zero-order chi connectivity index (χ0) is 10.6. The van der Waals surface area contributed by atoms with Crippen LogP contribution in [-0.4, -0.2) is 6.67 Å². The fourth-order valence-corrected chi connectivity index (χ4v) is 1.23. The van der Waals surface area contributed by atoms with Gasteiger partial charge in [0.05, 0.1) is 12.2 Å². The summed E-state index contributed by atoms with van der Waals surface area (Å²) < 4.78 is 12.4. The normalized spacial score (nSPS) is 9.50. The van der Waals surface area contributed by atoms with E-state index in [4.69, 9.17) is 11.7 Å². The van der Waals surface area contributed by atoms with E-state index in [1.807, 2.05) is 6.07 Å². The summed E-state index contributed by atoms with van der Waals surface area (Å²) >= 11 is 0. The van der Waals surface area contributed by atoms with Crippen molar-refractivity contribution >= 4 is 0 Å². The van der Waals surface area contributed by atoms with E-state index in [9.17, 15) is 4.39 Å². The Kier molecular flexibility index (Phi) is 3.26. The summed E-state index contributed by atoms with van der Waals surface area (Å²) in [5.41, 5.74) is 1.54. The lowest BCUT2D eigenvalue weighted by atomic mass is 9.94. The predicted octanol–water partition coefficient (Wildman–Crippen LogP) is 2.45. The van der Waals surface area contributed by atoms with E-state index in [2.05, 4.69) is 5.92 Å². The zero-order valence-electron chi connectivity index (χ0n) is 7.84. The molecule has 0 amide bonds. The molecule has 1 aromatic carbocycles. The Bertz CT molecular complexity index is 409. The van der Waals surface area contributed by atoms with Gasteiger partial charge >= 0.3 is 0 Å². The summed E-state index contributed by atoms with van der Waals surface area (Å²) in [6.45, 7) is 1.11. The van der Waals surface area contributed by atoms with Crippen LogP contribution in [0.15, 0.2) is 18.2 Å². The third kappa shape index (κ3) is 1.75. The molecule has 0 aliphatic carbocycles. The average Bonchev–Trinajstić information content (AvgIpc) is 2.26. The minimum absolute atomic E-state index is 0.415. The average molecular weight is 186 g/mol. The quantitative estimate of drug-likeness (QED) is 0.651. The number of hydrogen-bond donors (Lipinski definition) is 0. The number of halogens is 1. The van der Waals surface area contributed by atoms with E-state index < -0.39 is 6.67 Å². The highest BCUT2D eigenvalue weighted by Gasteiger charge is 2.12. The molecule has 1 nitrogen and oxygen atoms in total. The minimum Gasteiger partial charge on any atom is -0.250 e. The first-order valence-electron chi connectivity index (χ1n) is 4.13. The van der Waals surface area contributed by atoms with Crippen LogP contribution in [0, 0.1) is 29.6 Å². The van der Waals surface area contributed by atoms with Gasteiger partial charge in [-0.05, 0) is 11.6 Å². The van der Waals surface area contributed by atoms with Gasteiger partial charge in [-0.15, -0.1) is 6.42 Å². The van der Waals surface area contributed by atoms with Gasteiger partial charge in [0.2, 0.25) is 0 Å². The molecule has 0 atom stereocenters. The van der Waals surface area contributed by atoms with Gasteiger partial charge in [-0.2, -0.15) is 5.26 Å². The van der Waals surface area contributed by atoms with Crippen LogP contribution in [0.1, 0.15) is 23.6 Å². The lowest BCUT2D eigenvalue weighted by molar-refractivity contribution is 0.516. The van der Waals surface area contributed by atoms with E-state index in [-0.39, 0.29) is 0 Å². The second kappa shape index (κ2) is 4.44. The van der Waals surface area contributed by atoms with E-state index in [0.29, 0.717) is 22.6 Å². The van der Waals surface area contributed by atoms with Crippen molar-refractivity contribution in [2.45, 2.75) is 6.92 Å². The van der Waals surface area contributed by atoms with Crippen molar-refractivity contribution < 1.29 is 4.39 Å². The van der Waals surface area contributed by atoms with Gasteiger partial charge in [0.15, 0.2) is 0 Å². The van der Waals surface area contributed by atoms with Gasteiger partial charge in [-0.1, -0.05) is 25.0 Å². The summed E-state index contributed by atoms with van der Waals surface area (Å²) in [6.07, 6.45) is 5.28. The SMILES string of the molecule is C#Cc1c(C#N)cccc1[C](C)CF. The molecule has 0 heterocycles. The first-order valence-corrected chi connectivity index (χ1v) is 4.13. The van der Waals surface area contributed by atoms with Gasteiger partial charge in [0, 0.05) is 11.5 Å². The molecule has 0 saturated carbocycles. The number of alkyl halides is 1. The fourth-order valence-electron chi connectivity index (χ4n) is 1.23. The van der Waals surface area contributed by atoms with Crippen LogP contribution in [0.2, 0.25) is 0 Å². The number of benzene rings is 1. The van der Waals surface area contributed by atoms with Crippen molar-refractivity contribution in [1.82, 2.24) is 0 Å². The Morgan fingerprint density at radius 3 is 2.79 bits per heavy atom. The molecular formula is C12H9FN. The van der Waals surface area contributed by atoms with Crippen molar-refractivity contribution in [3.05, 3.63) is 40.8 Å². The highest BCUT2D eigenvalue weighted by Crippen LogP contribution is 2.21. The molecule has 0 N–H and O–H groups in total. The second-order valence-corrected chi connectivity index (χ2v) is 2.90. The lowest BCUT2D eigenvalue weighted by Gasteiger charge is -2.09. The van der Waals surface area contributed by atoms with Crippen molar-refractivity contribution in [1.29, 1.82) is 5.26 Å². The number of hydrogen-bond acceptors (Lipinski definition) is 1. The number of rotatable bonds is 2. The maximum atomic E-state index is 12.4. The van der Waals surface area contributed by atoms with Crippen LogP contribution in [-0.2, 0) is 0 Å². The molecular weight excluding hydrogens is 177 g/mol. The summed E-state index contributed by atoms with van der Waals surface area (Å²) in [4.78, 5) is 0. The molecule has 14 heavy (non-hydrogen) atoms. The highest BCUT2D eigenvalue weighted by molar-refractivity contribution is 5.55.